The summed E-state index contributed by atoms with van der Waals surface area (Å²) >= 11 is 0. The largest absolute Gasteiger partial charge is 0.390 e. The Balaban J connectivity index is 1.91. The van der Waals surface area contributed by atoms with Crippen LogP contribution in [0.3, 0.4) is 0 Å². The van der Waals surface area contributed by atoms with Crippen molar-refractivity contribution in [3.8, 4) is 0 Å². The zero-order chi connectivity index (χ0) is 7.73. The summed E-state index contributed by atoms with van der Waals surface area (Å²) in [6, 6.07) is 0. The lowest BCUT2D eigenvalue weighted by molar-refractivity contribution is -0.0937. The van der Waals surface area contributed by atoms with Gasteiger partial charge in [0.1, 0.15) is 0 Å². The molecule has 0 aliphatic heterocycles. The molecule has 0 amide bonds. The van der Waals surface area contributed by atoms with Crippen molar-refractivity contribution in [2.24, 2.45) is 5.92 Å². The zero-order valence-corrected chi connectivity index (χ0v) is 7.18. The molecule has 0 aromatic rings. The molecule has 1 nitrogen and oxygen atoms in total. The second-order valence-electron chi connectivity index (χ2n) is 4.29. The van der Waals surface area contributed by atoms with Crippen molar-refractivity contribution in [1.82, 2.24) is 0 Å². The number of rotatable bonds is 1. The summed E-state index contributed by atoms with van der Waals surface area (Å²) in [5, 5.41) is 10.0. The van der Waals surface area contributed by atoms with Gasteiger partial charge in [-0.1, -0.05) is 19.3 Å². The van der Waals surface area contributed by atoms with E-state index in [-0.39, 0.29) is 5.60 Å². The third-order valence-corrected chi connectivity index (χ3v) is 3.58. The Morgan fingerprint density at radius 2 is 1.55 bits per heavy atom. The topological polar surface area (TPSA) is 20.2 Å². The van der Waals surface area contributed by atoms with Crippen molar-refractivity contribution in [2.75, 3.05) is 0 Å². The van der Waals surface area contributed by atoms with Crippen molar-refractivity contribution in [3.63, 3.8) is 0 Å². The molecule has 2 rings (SSSR count). The summed E-state index contributed by atoms with van der Waals surface area (Å²) in [5.41, 5.74) is -0.208. The van der Waals surface area contributed by atoms with E-state index in [9.17, 15) is 5.11 Å². The molecule has 2 aliphatic rings. The quantitative estimate of drug-likeness (QED) is 0.615. The Labute approximate surface area is 68.8 Å². The molecule has 1 N–H and O–H groups in total. The standard InChI is InChI=1S/C10H18O/c11-10(7-4-8-10)9-5-2-1-3-6-9/h9,11H,1-8H2. The molecule has 11 heavy (non-hydrogen) atoms. The lowest BCUT2D eigenvalue weighted by Crippen LogP contribution is -2.45. The third kappa shape index (κ3) is 1.31. The second-order valence-corrected chi connectivity index (χ2v) is 4.29. The fourth-order valence-electron chi connectivity index (χ4n) is 2.59. The van der Waals surface area contributed by atoms with Gasteiger partial charge in [-0.05, 0) is 38.0 Å². The molecular weight excluding hydrogens is 136 g/mol. The lowest BCUT2D eigenvalue weighted by Gasteiger charge is -2.45. The van der Waals surface area contributed by atoms with Crippen LogP contribution in [0, 0.1) is 5.92 Å². The normalized spacial score (nSPS) is 31.4. The molecule has 0 atom stereocenters. The summed E-state index contributed by atoms with van der Waals surface area (Å²) in [5.74, 6) is 0.657. The molecule has 0 radical (unpaired) electrons. The summed E-state index contributed by atoms with van der Waals surface area (Å²) in [4.78, 5) is 0. The van der Waals surface area contributed by atoms with Gasteiger partial charge in [-0.3, -0.25) is 0 Å². The predicted molar refractivity (Wildman–Crippen MR) is 45.4 cm³/mol. The van der Waals surface area contributed by atoms with Gasteiger partial charge < -0.3 is 5.11 Å². The van der Waals surface area contributed by atoms with Crippen LogP contribution in [-0.2, 0) is 0 Å². The van der Waals surface area contributed by atoms with Crippen LogP contribution in [0.5, 0.6) is 0 Å². The first-order valence-corrected chi connectivity index (χ1v) is 5.04. The Hall–Kier alpha value is -0.0400. The highest BCUT2D eigenvalue weighted by molar-refractivity contribution is 4.94. The Morgan fingerprint density at radius 1 is 0.909 bits per heavy atom. The SMILES string of the molecule is OC1(C2CCCCC2)CCC1. The predicted octanol–water partition coefficient (Wildman–Crippen LogP) is 2.48. The molecule has 0 unspecified atom stereocenters. The molecule has 0 aromatic carbocycles. The maximum atomic E-state index is 10.0. The van der Waals surface area contributed by atoms with Crippen LogP contribution in [-0.4, -0.2) is 10.7 Å². The molecule has 64 valence electrons. The van der Waals surface area contributed by atoms with E-state index in [1.54, 1.807) is 0 Å². The average molecular weight is 154 g/mol. The van der Waals surface area contributed by atoms with E-state index in [1.807, 2.05) is 0 Å². The van der Waals surface area contributed by atoms with E-state index in [0.717, 1.165) is 12.8 Å². The van der Waals surface area contributed by atoms with E-state index in [4.69, 9.17) is 0 Å². The van der Waals surface area contributed by atoms with Gasteiger partial charge in [0.2, 0.25) is 0 Å². The van der Waals surface area contributed by atoms with E-state index in [0.29, 0.717) is 5.92 Å². The van der Waals surface area contributed by atoms with Crippen molar-refractivity contribution in [1.29, 1.82) is 0 Å². The number of aliphatic hydroxyl groups is 1. The van der Waals surface area contributed by atoms with Crippen LogP contribution in [0.2, 0.25) is 0 Å². The Kier molecular flexibility index (Phi) is 1.92. The van der Waals surface area contributed by atoms with E-state index >= 15 is 0 Å². The molecule has 1 heteroatoms. The van der Waals surface area contributed by atoms with Gasteiger partial charge >= 0.3 is 0 Å². The first-order valence-electron chi connectivity index (χ1n) is 5.04. The average Bonchev–Trinajstić information content (AvgIpc) is 2.02. The molecule has 2 aliphatic carbocycles. The number of hydrogen-bond acceptors (Lipinski definition) is 1. The van der Waals surface area contributed by atoms with Gasteiger partial charge in [-0.2, -0.15) is 0 Å². The maximum absolute atomic E-state index is 10.0. The number of hydrogen-bond donors (Lipinski definition) is 1. The first kappa shape index (κ1) is 7.60. The van der Waals surface area contributed by atoms with Gasteiger partial charge in [-0.15, -0.1) is 0 Å². The van der Waals surface area contributed by atoms with Gasteiger partial charge in [0.05, 0.1) is 5.60 Å². The van der Waals surface area contributed by atoms with Crippen LogP contribution in [0.25, 0.3) is 0 Å². The van der Waals surface area contributed by atoms with Crippen LogP contribution in [0.1, 0.15) is 51.4 Å². The lowest BCUT2D eigenvalue weighted by atomic mass is 9.66. The minimum atomic E-state index is -0.208. The van der Waals surface area contributed by atoms with Crippen LogP contribution < -0.4 is 0 Å². The van der Waals surface area contributed by atoms with Gasteiger partial charge in [0.25, 0.3) is 0 Å². The van der Waals surface area contributed by atoms with E-state index in [2.05, 4.69) is 0 Å². The third-order valence-electron chi connectivity index (χ3n) is 3.58. The van der Waals surface area contributed by atoms with Gasteiger partial charge in [0.15, 0.2) is 0 Å². The highest BCUT2D eigenvalue weighted by Gasteiger charge is 2.41. The Morgan fingerprint density at radius 3 is 2.00 bits per heavy atom. The Bertz CT molecular complexity index is 132. The van der Waals surface area contributed by atoms with Gasteiger partial charge in [-0.25, -0.2) is 0 Å². The molecule has 0 aromatic heterocycles. The highest BCUT2D eigenvalue weighted by Crippen LogP contribution is 2.44. The molecule has 0 saturated heterocycles. The van der Waals surface area contributed by atoms with Crippen molar-refractivity contribution < 1.29 is 5.11 Å². The molecule has 0 heterocycles. The smallest absolute Gasteiger partial charge is 0.0675 e. The summed E-state index contributed by atoms with van der Waals surface area (Å²) < 4.78 is 0. The fraction of sp³-hybridized carbons (Fsp3) is 1.00. The monoisotopic (exact) mass is 154 g/mol. The minimum Gasteiger partial charge on any atom is -0.390 e. The second kappa shape index (κ2) is 2.78. The van der Waals surface area contributed by atoms with Crippen molar-refractivity contribution >= 4 is 0 Å². The van der Waals surface area contributed by atoms with Crippen molar-refractivity contribution in [3.05, 3.63) is 0 Å². The molecule has 0 spiro atoms. The summed E-state index contributed by atoms with van der Waals surface area (Å²) in [6.45, 7) is 0. The maximum Gasteiger partial charge on any atom is 0.0675 e. The molecule has 2 fully saturated rings. The van der Waals surface area contributed by atoms with E-state index < -0.39 is 0 Å². The van der Waals surface area contributed by atoms with Crippen LogP contribution in [0.15, 0.2) is 0 Å². The van der Waals surface area contributed by atoms with Crippen LogP contribution >= 0.6 is 0 Å². The molecular formula is C10H18O. The molecule has 2 saturated carbocycles. The minimum absolute atomic E-state index is 0.208. The highest BCUT2D eigenvalue weighted by atomic mass is 16.3. The van der Waals surface area contributed by atoms with Gasteiger partial charge in [0, 0.05) is 0 Å². The molecule has 0 bridgehead atoms. The summed E-state index contributed by atoms with van der Waals surface area (Å²) in [7, 11) is 0. The van der Waals surface area contributed by atoms with E-state index in [1.165, 1.54) is 38.5 Å². The summed E-state index contributed by atoms with van der Waals surface area (Å²) in [6.07, 6.45) is 10.1. The first-order chi connectivity index (χ1) is 5.31. The van der Waals surface area contributed by atoms with Crippen molar-refractivity contribution in [2.45, 2.75) is 57.0 Å². The fourth-order valence-corrected chi connectivity index (χ4v) is 2.59. The zero-order valence-electron chi connectivity index (χ0n) is 7.18. The van der Waals surface area contributed by atoms with Crippen LogP contribution in [0.4, 0.5) is 0 Å².